The number of hydrogen-bond acceptors (Lipinski definition) is 6. The second kappa shape index (κ2) is 10.2. The third-order valence-electron chi connectivity index (χ3n) is 5.29. The molecule has 0 fully saturated rings. The molecule has 2 aromatic carbocycles. The summed E-state index contributed by atoms with van der Waals surface area (Å²) in [5.74, 6) is -1.28. The van der Waals surface area contributed by atoms with Crippen molar-refractivity contribution in [2.24, 2.45) is 0 Å². The Hall–Kier alpha value is -3.49. The van der Waals surface area contributed by atoms with Gasteiger partial charge in [0.15, 0.2) is 6.10 Å². The minimum absolute atomic E-state index is 0.209. The largest absolute Gasteiger partial charge is 0.479 e. The molecule has 0 bridgehead atoms. The molecule has 0 saturated heterocycles. The van der Waals surface area contributed by atoms with Gasteiger partial charge in [0, 0.05) is 34.4 Å². The monoisotopic (exact) mass is 478 g/mol. The van der Waals surface area contributed by atoms with Gasteiger partial charge in [-0.05, 0) is 38.5 Å². The number of amides is 1. The van der Waals surface area contributed by atoms with E-state index in [9.17, 15) is 14.7 Å². The van der Waals surface area contributed by atoms with Crippen LogP contribution in [-0.2, 0) is 22.5 Å². The van der Waals surface area contributed by atoms with Crippen molar-refractivity contribution in [3.05, 3.63) is 76.5 Å². The van der Waals surface area contributed by atoms with Gasteiger partial charge >= 0.3 is 5.97 Å². The first-order valence-electron chi connectivity index (χ1n) is 11.0. The number of hydrogen-bond donors (Lipinski definition) is 2. The summed E-state index contributed by atoms with van der Waals surface area (Å²) in [5.41, 5.74) is 3.57. The van der Waals surface area contributed by atoms with Crippen LogP contribution in [-0.4, -0.2) is 34.2 Å². The fraction of sp³-hybridized carbons (Fsp3) is 0.269. The maximum absolute atomic E-state index is 12.9. The highest BCUT2D eigenvalue weighted by atomic mass is 32.1. The van der Waals surface area contributed by atoms with Crippen LogP contribution in [0.1, 0.15) is 40.3 Å². The molecule has 0 saturated carbocycles. The quantitative estimate of drug-likeness (QED) is 0.342. The normalized spacial score (nSPS) is 12.2. The fourth-order valence-electron chi connectivity index (χ4n) is 3.78. The molecule has 2 N–H and O–H groups in total. The van der Waals surface area contributed by atoms with E-state index < -0.39 is 12.1 Å². The van der Waals surface area contributed by atoms with Crippen LogP contribution in [0.5, 0.6) is 0 Å². The lowest BCUT2D eigenvalue weighted by Crippen LogP contribution is -2.29. The molecule has 1 unspecified atom stereocenters. The number of rotatable bonds is 9. The Morgan fingerprint density at radius 1 is 1.18 bits per heavy atom. The number of nitrogens with zero attached hydrogens (tertiary/aromatic N) is 1. The van der Waals surface area contributed by atoms with Gasteiger partial charge in [-0.25, -0.2) is 9.78 Å². The van der Waals surface area contributed by atoms with Gasteiger partial charge in [-0.2, -0.15) is 0 Å². The topological polar surface area (TPSA) is 102 Å². The SMILES string of the molecule is Cc1sc(-c2ccccc2)nc1C(=O)NCc1cc(CC(OC(C)C)C(=O)O)cc2ccoc12. The number of aromatic nitrogens is 1. The molecule has 0 aliphatic heterocycles. The zero-order chi connectivity index (χ0) is 24.2. The number of fused-ring (bicyclic) bond motifs is 1. The molecule has 4 aromatic rings. The van der Waals surface area contributed by atoms with E-state index >= 15 is 0 Å². The van der Waals surface area contributed by atoms with Gasteiger partial charge in [0.2, 0.25) is 0 Å². The number of carboxylic acid groups (broad SMARTS) is 1. The van der Waals surface area contributed by atoms with E-state index in [1.165, 1.54) is 11.3 Å². The number of carbonyl (C=O) groups is 2. The van der Waals surface area contributed by atoms with Crippen molar-refractivity contribution in [3.8, 4) is 10.6 Å². The molecule has 0 spiro atoms. The smallest absolute Gasteiger partial charge is 0.333 e. The number of aryl methyl sites for hydroxylation is 1. The van der Waals surface area contributed by atoms with Crippen molar-refractivity contribution in [3.63, 3.8) is 0 Å². The summed E-state index contributed by atoms with van der Waals surface area (Å²) < 4.78 is 11.2. The van der Waals surface area contributed by atoms with E-state index in [0.29, 0.717) is 11.3 Å². The lowest BCUT2D eigenvalue weighted by molar-refractivity contribution is -0.153. The third kappa shape index (κ3) is 5.35. The molecule has 176 valence electrons. The zero-order valence-corrected chi connectivity index (χ0v) is 20.0. The van der Waals surface area contributed by atoms with Crippen LogP contribution >= 0.6 is 11.3 Å². The van der Waals surface area contributed by atoms with Crippen molar-refractivity contribution in [2.75, 3.05) is 0 Å². The van der Waals surface area contributed by atoms with Crippen molar-refractivity contribution < 1.29 is 23.8 Å². The molecule has 0 radical (unpaired) electrons. The molecule has 2 aromatic heterocycles. The third-order valence-corrected chi connectivity index (χ3v) is 6.31. The predicted octanol–water partition coefficient (Wildman–Crippen LogP) is 5.22. The van der Waals surface area contributed by atoms with Gasteiger partial charge in [0.05, 0.1) is 12.4 Å². The van der Waals surface area contributed by atoms with Crippen molar-refractivity contribution >= 4 is 34.2 Å². The van der Waals surface area contributed by atoms with Crippen LogP contribution in [0.3, 0.4) is 0 Å². The number of benzene rings is 2. The molecule has 0 aliphatic rings. The summed E-state index contributed by atoms with van der Waals surface area (Å²) in [4.78, 5) is 30.0. The summed E-state index contributed by atoms with van der Waals surface area (Å²) in [7, 11) is 0. The molecule has 34 heavy (non-hydrogen) atoms. The first-order chi connectivity index (χ1) is 16.3. The molecular weight excluding hydrogens is 452 g/mol. The highest BCUT2D eigenvalue weighted by Crippen LogP contribution is 2.28. The first kappa shape index (κ1) is 23.7. The highest BCUT2D eigenvalue weighted by Gasteiger charge is 2.22. The average molecular weight is 479 g/mol. The Kier molecular flexibility index (Phi) is 7.09. The number of furan rings is 1. The maximum Gasteiger partial charge on any atom is 0.333 e. The van der Waals surface area contributed by atoms with Gasteiger partial charge in [-0.3, -0.25) is 4.79 Å². The van der Waals surface area contributed by atoms with Crippen LogP contribution in [0.25, 0.3) is 21.5 Å². The summed E-state index contributed by atoms with van der Waals surface area (Å²) >= 11 is 1.48. The van der Waals surface area contributed by atoms with Crippen LogP contribution < -0.4 is 5.32 Å². The van der Waals surface area contributed by atoms with E-state index in [0.717, 1.165) is 32.0 Å². The van der Waals surface area contributed by atoms with E-state index in [1.807, 2.05) is 55.5 Å². The van der Waals surface area contributed by atoms with Gasteiger partial charge in [-0.15, -0.1) is 11.3 Å². The lowest BCUT2D eigenvalue weighted by Gasteiger charge is -2.17. The van der Waals surface area contributed by atoms with Gasteiger partial charge < -0.3 is 19.6 Å². The summed E-state index contributed by atoms with van der Waals surface area (Å²) in [6.45, 7) is 5.71. The highest BCUT2D eigenvalue weighted by molar-refractivity contribution is 7.15. The van der Waals surface area contributed by atoms with Crippen molar-refractivity contribution in [2.45, 2.75) is 45.9 Å². The molecule has 7 nitrogen and oxygen atoms in total. The predicted molar refractivity (Wildman–Crippen MR) is 131 cm³/mol. The molecule has 8 heteroatoms. The van der Waals surface area contributed by atoms with E-state index in [-0.39, 0.29) is 25.0 Å². The number of carbonyl (C=O) groups excluding carboxylic acids is 1. The minimum Gasteiger partial charge on any atom is -0.479 e. The Bertz CT molecular complexity index is 1310. The molecule has 1 atom stereocenters. The van der Waals surface area contributed by atoms with Gasteiger partial charge in [0.25, 0.3) is 5.91 Å². The standard InChI is InChI=1S/C26H26N2O5S/c1-15(2)33-21(26(30)31)13-17-11-19-9-10-32-23(19)20(12-17)14-27-24(29)22-16(3)34-25(28-22)18-7-5-4-6-8-18/h4-12,15,21H,13-14H2,1-3H3,(H,27,29)(H,30,31). The maximum atomic E-state index is 12.9. The second-order valence-corrected chi connectivity index (χ2v) is 9.49. The van der Waals surface area contributed by atoms with Crippen LogP contribution in [0.15, 0.2) is 59.2 Å². The van der Waals surface area contributed by atoms with E-state index in [1.54, 1.807) is 20.1 Å². The van der Waals surface area contributed by atoms with Crippen molar-refractivity contribution in [1.29, 1.82) is 0 Å². The Morgan fingerprint density at radius 3 is 2.65 bits per heavy atom. The Balaban J connectivity index is 1.53. The second-order valence-electron chi connectivity index (χ2n) is 8.28. The van der Waals surface area contributed by atoms with Crippen LogP contribution in [0.4, 0.5) is 0 Å². The summed E-state index contributed by atoms with van der Waals surface area (Å²) in [5, 5.41) is 14.1. The first-order valence-corrected chi connectivity index (χ1v) is 11.8. The fourth-order valence-corrected chi connectivity index (χ4v) is 4.70. The van der Waals surface area contributed by atoms with Gasteiger partial charge in [0.1, 0.15) is 16.3 Å². The zero-order valence-electron chi connectivity index (χ0n) is 19.2. The average Bonchev–Trinajstić information content (AvgIpc) is 3.43. The molecule has 1 amide bonds. The van der Waals surface area contributed by atoms with E-state index in [2.05, 4.69) is 10.3 Å². The van der Waals surface area contributed by atoms with E-state index in [4.69, 9.17) is 9.15 Å². The Morgan fingerprint density at radius 2 is 1.94 bits per heavy atom. The molecule has 4 rings (SSSR count). The van der Waals surface area contributed by atoms with Crippen molar-refractivity contribution in [1.82, 2.24) is 10.3 Å². The Labute approximate surface area is 201 Å². The summed E-state index contributed by atoms with van der Waals surface area (Å²) in [6.07, 6.45) is 0.622. The number of nitrogens with one attached hydrogen (secondary N) is 1. The molecule has 0 aliphatic carbocycles. The summed E-state index contributed by atoms with van der Waals surface area (Å²) in [6, 6.07) is 15.3. The van der Waals surface area contributed by atoms with Crippen LogP contribution in [0.2, 0.25) is 0 Å². The number of carboxylic acids is 1. The number of ether oxygens (including phenoxy) is 1. The van der Waals surface area contributed by atoms with Crippen LogP contribution in [0, 0.1) is 6.92 Å². The number of aliphatic carboxylic acids is 1. The minimum atomic E-state index is -1.01. The molecule has 2 heterocycles. The van der Waals surface area contributed by atoms with Gasteiger partial charge in [-0.1, -0.05) is 36.4 Å². The number of thiazole rings is 1. The lowest BCUT2D eigenvalue weighted by atomic mass is 10.0. The molecular formula is C26H26N2O5S.